The van der Waals surface area contributed by atoms with Crippen molar-refractivity contribution in [3.8, 4) is 0 Å². The van der Waals surface area contributed by atoms with Crippen molar-refractivity contribution in [2.45, 2.75) is 23.7 Å². The number of fused-ring (bicyclic) bond motifs is 1. The molecule has 0 fully saturated rings. The van der Waals surface area contributed by atoms with Gasteiger partial charge >= 0.3 is 5.97 Å². The lowest BCUT2D eigenvalue weighted by Gasteiger charge is -2.11. The van der Waals surface area contributed by atoms with E-state index in [-0.39, 0.29) is 23.4 Å². The molecule has 1 atom stereocenters. The number of esters is 1. The van der Waals surface area contributed by atoms with Gasteiger partial charge in [0.2, 0.25) is 0 Å². The normalized spacial score (nSPS) is 12.2. The zero-order valence-electron chi connectivity index (χ0n) is 12.6. The Kier molecular flexibility index (Phi) is 5.23. The number of ether oxygens (including phenoxy) is 1. The number of thioether (sulfide) groups is 1. The van der Waals surface area contributed by atoms with Crippen LogP contribution in [0.5, 0.6) is 0 Å². The van der Waals surface area contributed by atoms with Gasteiger partial charge in [0.15, 0.2) is 4.96 Å². The summed E-state index contributed by atoms with van der Waals surface area (Å²) in [6, 6.07) is 8.63. The van der Waals surface area contributed by atoms with E-state index in [9.17, 15) is 9.59 Å². The predicted molar refractivity (Wildman–Crippen MR) is 95.9 cm³/mol. The molecule has 0 bridgehead atoms. The Labute approximate surface area is 151 Å². The third kappa shape index (κ3) is 3.98. The lowest BCUT2D eigenvalue weighted by molar-refractivity contribution is -0.144. The molecule has 0 spiro atoms. The van der Waals surface area contributed by atoms with Crippen LogP contribution in [0.2, 0.25) is 5.02 Å². The van der Waals surface area contributed by atoms with Gasteiger partial charge in [0.1, 0.15) is 11.9 Å². The summed E-state index contributed by atoms with van der Waals surface area (Å²) in [5.41, 5.74) is 0.260. The Bertz CT molecular complexity index is 921. The second-order valence-electron chi connectivity index (χ2n) is 4.96. The van der Waals surface area contributed by atoms with Crippen LogP contribution < -0.4 is 5.56 Å². The number of hydrogen-bond donors (Lipinski definition) is 0. The van der Waals surface area contributed by atoms with Crippen molar-refractivity contribution in [2.75, 3.05) is 0 Å². The minimum atomic E-state index is -0.377. The number of halogens is 1. The van der Waals surface area contributed by atoms with Gasteiger partial charge in [-0.05, 0) is 31.2 Å². The largest absolute Gasteiger partial charge is 0.458 e. The molecule has 0 radical (unpaired) electrons. The summed E-state index contributed by atoms with van der Waals surface area (Å²) in [4.78, 5) is 29.8. The highest BCUT2D eigenvalue weighted by atomic mass is 35.5. The molecule has 2 aromatic heterocycles. The smallest absolute Gasteiger partial charge is 0.319 e. The van der Waals surface area contributed by atoms with Gasteiger partial charge in [-0.15, -0.1) is 23.1 Å². The quantitative estimate of drug-likeness (QED) is 0.499. The molecule has 0 amide bonds. The molecule has 3 aromatic rings. The molecular weight excluding hydrogens is 368 g/mol. The lowest BCUT2D eigenvalue weighted by Crippen LogP contribution is -2.19. The van der Waals surface area contributed by atoms with Crippen molar-refractivity contribution >= 4 is 45.6 Å². The fraction of sp³-hybridized carbons (Fsp3) is 0.188. The molecule has 1 aromatic carbocycles. The highest BCUT2D eigenvalue weighted by Gasteiger charge is 2.16. The molecule has 8 heteroatoms. The summed E-state index contributed by atoms with van der Waals surface area (Å²) in [6.07, 6.45) is 1.66. The van der Waals surface area contributed by atoms with Crippen LogP contribution in [0, 0.1) is 0 Å². The molecule has 0 aliphatic rings. The van der Waals surface area contributed by atoms with Crippen LogP contribution in [0.1, 0.15) is 12.6 Å². The van der Waals surface area contributed by atoms with Gasteiger partial charge in [0, 0.05) is 27.6 Å². The summed E-state index contributed by atoms with van der Waals surface area (Å²) >= 11 is 8.58. The van der Waals surface area contributed by atoms with E-state index < -0.39 is 0 Å². The number of hydrogen-bond acceptors (Lipinski definition) is 6. The lowest BCUT2D eigenvalue weighted by atomic mass is 10.4. The number of thiazole rings is 1. The van der Waals surface area contributed by atoms with Crippen molar-refractivity contribution in [3.05, 3.63) is 63.0 Å². The van der Waals surface area contributed by atoms with Crippen LogP contribution in [0.15, 0.2) is 51.6 Å². The third-order valence-electron chi connectivity index (χ3n) is 3.18. The molecule has 124 valence electrons. The molecule has 0 saturated heterocycles. The maximum atomic E-state index is 12.1. The Balaban J connectivity index is 1.61. The second kappa shape index (κ2) is 7.38. The molecule has 0 saturated carbocycles. The summed E-state index contributed by atoms with van der Waals surface area (Å²) in [5.74, 6) is -0.358. The van der Waals surface area contributed by atoms with Crippen molar-refractivity contribution in [2.24, 2.45) is 0 Å². The van der Waals surface area contributed by atoms with Gasteiger partial charge in [-0.2, -0.15) is 0 Å². The van der Waals surface area contributed by atoms with Gasteiger partial charge in [-0.25, -0.2) is 4.98 Å². The highest BCUT2D eigenvalue weighted by Crippen LogP contribution is 2.25. The molecule has 5 nitrogen and oxygen atoms in total. The average molecular weight is 381 g/mol. The zero-order chi connectivity index (χ0) is 17.1. The van der Waals surface area contributed by atoms with E-state index in [1.54, 1.807) is 30.6 Å². The van der Waals surface area contributed by atoms with E-state index in [1.807, 2.05) is 12.1 Å². The van der Waals surface area contributed by atoms with Gasteiger partial charge in [0.25, 0.3) is 5.56 Å². The first-order valence-electron chi connectivity index (χ1n) is 7.07. The van der Waals surface area contributed by atoms with E-state index in [4.69, 9.17) is 16.3 Å². The van der Waals surface area contributed by atoms with Crippen LogP contribution in [0.4, 0.5) is 0 Å². The van der Waals surface area contributed by atoms with Gasteiger partial charge in [-0.1, -0.05) is 11.6 Å². The maximum absolute atomic E-state index is 12.1. The Morgan fingerprint density at radius 3 is 2.92 bits per heavy atom. The first-order chi connectivity index (χ1) is 11.5. The number of carbonyl (C=O) groups excluding carboxylic acids is 1. The summed E-state index contributed by atoms with van der Waals surface area (Å²) in [6.45, 7) is 1.75. The molecule has 24 heavy (non-hydrogen) atoms. The fourth-order valence-electron chi connectivity index (χ4n) is 1.99. The fourth-order valence-corrected chi connectivity index (χ4v) is 3.72. The number of aromatic nitrogens is 2. The number of benzene rings is 1. The van der Waals surface area contributed by atoms with Crippen LogP contribution in [0.3, 0.4) is 0 Å². The Morgan fingerprint density at radius 1 is 1.42 bits per heavy atom. The monoisotopic (exact) mass is 380 g/mol. The summed E-state index contributed by atoms with van der Waals surface area (Å²) in [7, 11) is 0. The van der Waals surface area contributed by atoms with Crippen molar-refractivity contribution in [1.82, 2.24) is 9.38 Å². The molecule has 3 rings (SSSR count). The Hall–Kier alpha value is -1.83. The van der Waals surface area contributed by atoms with Gasteiger partial charge in [-0.3, -0.25) is 14.0 Å². The summed E-state index contributed by atoms with van der Waals surface area (Å²) < 4.78 is 6.73. The van der Waals surface area contributed by atoms with Crippen molar-refractivity contribution in [1.29, 1.82) is 0 Å². The van der Waals surface area contributed by atoms with Crippen LogP contribution in [0.25, 0.3) is 4.96 Å². The average Bonchev–Trinajstić information content (AvgIpc) is 3.04. The second-order valence-corrected chi connectivity index (χ2v) is 7.69. The third-order valence-corrected chi connectivity index (χ3v) is 5.28. The standard InChI is InChI=1S/C16H13ClN2O3S2/c1-10(24-13-4-2-11(17)3-5-13)15(21)22-9-12-8-14(20)19-6-7-23-16(19)18-12/h2-8,10H,9H2,1H3/t10-/m1/s1. The zero-order valence-corrected chi connectivity index (χ0v) is 15.0. The molecule has 0 unspecified atom stereocenters. The van der Waals surface area contributed by atoms with E-state index in [0.717, 1.165) is 4.90 Å². The first-order valence-corrected chi connectivity index (χ1v) is 9.21. The minimum Gasteiger partial charge on any atom is -0.458 e. The number of rotatable bonds is 5. The van der Waals surface area contributed by atoms with Crippen LogP contribution in [-0.2, 0) is 16.1 Å². The molecule has 0 aliphatic heterocycles. The summed E-state index contributed by atoms with van der Waals surface area (Å²) in [5, 5.41) is 2.05. The van der Waals surface area contributed by atoms with Crippen molar-refractivity contribution < 1.29 is 9.53 Å². The molecule has 0 aliphatic carbocycles. The Morgan fingerprint density at radius 2 is 2.17 bits per heavy atom. The topological polar surface area (TPSA) is 60.7 Å². The van der Waals surface area contributed by atoms with E-state index >= 15 is 0 Å². The van der Waals surface area contributed by atoms with Crippen LogP contribution >= 0.6 is 34.7 Å². The minimum absolute atomic E-state index is 0.0199. The highest BCUT2D eigenvalue weighted by molar-refractivity contribution is 8.00. The predicted octanol–water partition coefficient (Wildman–Crippen LogP) is 3.63. The van der Waals surface area contributed by atoms with Gasteiger partial charge < -0.3 is 4.74 Å². The molecular formula is C16H13ClN2O3S2. The first kappa shape index (κ1) is 17.0. The SMILES string of the molecule is C[C@@H](Sc1ccc(Cl)cc1)C(=O)OCc1cc(=O)n2ccsc2n1. The van der Waals surface area contributed by atoms with Crippen molar-refractivity contribution in [3.63, 3.8) is 0 Å². The maximum Gasteiger partial charge on any atom is 0.319 e. The molecule has 2 heterocycles. The molecule has 0 N–H and O–H groups in total. The van der Waals surface area contributed by atoms with E-state index in [2.05, 4.69) is 4.98 Å². The number of nitrogens with zero attached hydrogens (tertiary/aromatic N) is 2. The van der Waals surface area contributed by atoms with Gasteiger partial charge in [0.05, 0.1) is 5.69 Å². The number of carbonyl (C=O) groups is 1. The van der Waals surface area contributed by atoms with E-state index in [1.165, 1.54) is 33.6 Å². The van der Waals surface area contributed by atoms with Crippen LogP contribution in [-0.4, -0.2) is 20.6 Å². The van der Waals surface area contributed by atoms with E-state index in [0.29, 0.717) is 15.7 Å².